The minimum absolute atomic E-state index is 0.157. The molecule has 5 nitrogen and oxygen atoms in total. The largest absolute Gasteiger partial charge is 0.436 e. The monoisotopic (exact) mass is 393 g/mol. The van der Waals surface area contributed by atoms with Crippen LogP contribution in [0, 0.1) is 11.7 Å². The zero-order valence-corrected chi connectivity index (χ0v) is 16.2. The number of nitrogens with zero attached hydrogens (tertiary/aromatic N) is 1. The smallest absolute Gasteiger partial charge is 0.252 e. The first kappa shape index (κ1) is 19.3. The number of aromatic nitrogens is 1. The summed E-state index contributed by atoms with van der Waals surface area (Å²) in [6.45, 7) is 2.73. The summed E-state index contributed by atoms with van der Waals surface area (Å²) in [5.74, 6) is 0.700. The van der Waals surface area contributed by atoms with E-state index in [9.17, 15) is 9.18 Å². The Balaban J connectivity index is 1.48. The van der Waals surface area contributed by atoms with E-state index < -0.39 is 0 Å². The Morgan fingerprint density at radius 3 is 2.76 bits per heavy atom. The summed E-state index contributed by atoms with van der Waals surface area (Å²) in [5.41, 5.74) is 1.43. The average molecular weight is 393 g/mol. The van der Waals surface area contributed by atoms with E-state index in [1.165, 1.54) is 25.1 Å². The lowest BCUT2D eigenvalue weighted by Crippen LogP contribution is -2.33. The summed E-state index contributed by atoms with van der Waals surface area (Å²) >= 11 is 0. The normalized spacial score (nSPS) is 16.5. The van der Waals surface area contributed by atoms with Gasteiger partial charge in [0, 0.05) is 12.1 Å². The number of benzene rings is 2. The van der Waals surface area contributed by atoms with Gasteiger partial charge in [0.25, 0.3) is 5.91 Å². The fraction of sp³-hybridized carbons (Fsp3) is 0.304. The molecule has 1 unspecified atom stereocenters. The van der Waals surface area contributed by atoms with Gasteiger partial charge in [-0.25, -0.2) is 9.37 Å². The lowest BCUT2D eigenvalue weighted by atomic mass is 9.96. The van der Waals surface area contributed by atoms with Gasteiger partial charge in [0.2, 0.25) is 5.89 Å². The van der Waals surface area contributed by atoms with Gasteiger partial charge in [-0.3, -0.25) is 4.79 Å². The van der Waals surface area contributed by atoms with E-state index in [1.54, 1.807) is 30.3 Å². The van der Waals surface area contributed by atoms with Crippen molar-refractivity contribution in [2.45, 2.75) is 19.3 Å². The maximum Gasteiger partial charge on any atom is 0.252 e. The summed E-state index contributed by atoms with van der Waals surface area (Å²) in [4.78, 5) is 17.0. The van der Waals surface area contributed by atoms with Gasteiger partial charge >= 0.3 is 0 Å². The fourth-order valence-electron chi connectivity index (χ4n) is 3.71. The molecule has 0 bridgehead atoms. The van der Waals surface area contributed by atoms with Gasteiger partial charge < -0.3 is 15.1 Å². The first-order valence-electron chi connectivity index (χ1n) is 10.0. The summed E-state index contributed by atoms with van der Waals surface area (Å²) in [7, 11) is 0. The molecular weight excluding hydrogens is 369 g/mol. The second-order valence-corrected chi connectivity index (χ2v) is 7.31. The molecule has 0 saturated carbocycles. The molecule has 2 N–H and O–H groups in total. The molecule has 0 aliphatic carbocycles. The van der Waals surface area contributed by atoms with Crippen LogP contribution in [0.25, 0.3) is 22.8 Å². The van der Waals surface area contributed by atoms with Crippen molar-refractivity contribution in [3.8, 4) is 22.8 Å². The van der Waals surface area contributed by atoms with Gasteiger partial charge in [0.1, 0.15) is 5.82 Å². The Kier molecular flexibility index (Phi) is 6.00. The van der Waals surface area contributed by atoms with Crippen molar-refractivity contribution in [1.29, 1.82) is 0 Å². The van der Waals surface area contributed by atoms with Crippen LogP contribution in [0.15, 0.2) is 59.1 Å². The van der Waals surface area contributed by atoms with E-state index >= 15 is 0 Å². The molecule has 0 radical (unpaired) electrons. The molecule has 1 saturated heterocycles. The molecule has 1 atom stereocenters. The third kappa shape index (κ3) is 4.54. The Bertz CT molecular complexity index is 980. The fourth-order valence-corrected chi connectivity index (χ4v) is 3.71. The molecule has 150 valence electrons. The van der Waals surface area contributed by atoms with Crippen molar-refractivity contribution in [2.75, 3.05) is 19.6 Å². The van der Waals surface area contributed by atoms with Crippen LogP contribution in [0.4, 0.5) is 4.39 Å². The molecule has 0 spiro atoms. The second-order valence-electron chi connectivity index (χ2n) is 7.31. The van der Waals surface area contributed by atoms with Crippen LogP contribution >= 0.6 is 0 Å². The van der Waals surface area contributed by atoms with Crippen molar-refractivity contribution in [2.24, 2.45) is 5.92 Å². The molecule has 1 aromatic heterocycles. The number of hydrogen-bond donors (Lipinski definition) is 2. The number of rotatable bonds is 6. The Morgan fingerprint density at radius 1 is 1.17 bits per heavy atom. The number of halogens is 1. The predicted octanol–water partition coefficient (Wildman–Crippen LogP) is 4.27. The molecule has 6 heteroatoms. The average Bonchev–Trinajstić information content (AvgIpc) is 3.24. The first-order valence-corrected chi connectivity index (χ1v) is 10.0. The Labute approximate surface area is 169 Å². The van der Waals surface area contributed by atoms with Gasteiger partial charge in [-0.05, 0) is 62.5 Å². The highest BCUT2D eigenvalue weighted by Crippen LogP contribution is 2.29. The van der Waals surface area contributed by atoms with Crippen molar-refractivity contribution in [3.63, 3.8) is 0 Å². The van der Waals surface area contributed by atoms with Gasteiger partial charge in [-0.2, -0.15) is 0 Å². The van der Waals surface area contributed by atoms with Crippen LogP contribution < -0.4 is 10.6 Å². The number of piperidine rings is 1. The minimum Gasteiger partial charge on any atom is -0.436 e. The zero-order valence-electron chi connectivity index (χ0n) is 16.2. The molecule has 1 aliphatic rings. The van der Waals surface area contributed by atoms with Crippen LogP contribution in [-0.2, 0) is 0 Å². The Morgan fingerprint density at radius 2 is 1.97 bits per heavy atom. The molecule has 2 heterocycles. The summed E-state index contributed by atoms with van der Waals surface area (Å²) in [6, 6.07) is 13.6. The quantitative estimate of drug-likeness (QED) is 0.656. The topological polar surface area (TPSA) is 67.2 Å². The lowest BCUT2D eigenvalue weighted by Gasteiger charge is -2.22. The zero-order chi connectivity index (χ0) is 20.1. The van der Waals surface area contributed by atoms with Gasteiger partial charge in [-0.15, -0.1) is 0 Å². The number of hydrogen-bond acceptors (Lipinski definition) is 4. The highest BCUT2D eigenvalue weighted by molar-refractivity contribution is 6.00. The second kappa shape index (κ2) is 9.01. The number of carbonyl (C=O) groups is 1. The van der Waals surface area contributed by atoms with Crippen molar-refractivity contribution < 1.29 is 13.6 Å². The van der Waals surface area contributed by atoms with Crippen LogP contribution in [0.2, 0.25) is 0 Å². The minimum atomic E-state index is -0.376. The lowest BCUT2D eigenvalue weighted by molar-refractivity contribution is 0.0951. The SMILES string of the molecule is O=C(NCCC1CCCNC1)c1ccccc1-c1ncc(-c2ccccc2F)o1. The van der Waals surface area contributed by atoms with Crippen LogP contribution in [-0.4, -0.2) is 30.5 Å². The number of carbonyl (C=O) groups excluding carboxylic acids is 1. The molecule has 3 aromatic rings. The summed E-state index contributed by atoms with van der Waals surface area (Å²) < 4.78 is 19.8. The standard InChI is InChI=1S/C23H24FN3O2/c24-20-10-4-3-9-19(20)21-15-27-23(29-21)18-8-2-1-7-17(18)22(28)26-13-11-16-6-5-12-25-14-16/h1-4,7-10,15-16,25H,5-6,11-14H2,(H,26,28). The van der Waals surface area contributed by atoms with Crippen LogP contribution in [0.1, 0.15) is 29.6 Å². The molecular formula is C23H24FN3O2. The number of amides is 1. The van der Waals surface area contributed by atoms with E-state index in [-0.39, 0.29) is 11.7 Å². The summed E-state index contributed by atoms with van der Waals surface area (Å²) in [6.07, 6.45) is 4.83. The van der Waals surface area contributed by atoms with Crippen molar-refractivity contribution >= 4 is 5.91 Å². The third-order valence-electron chi connectivity index (χ3n) is 5.28. The number of nitrogens with one attached hydrogen (secondary N) is 2. The van der Waals surface area contributed by atoms with Crippen LogP contribution in [0.3, 0.4) is 0 Å². The first-order chi connectivity index (χ1) is 14.2. The summed E-state index contributed by atoms with van der Waals surface area (Å²) in [5, 5.41) is 6.40. The maximum absolute atomic E-state index is 14.0. The van der Waals surface area contributed by atoms with E-state index in [0.29, 0.717) is 40.8 Å². The van der Waals surface area contributed by atoms with Crippen molar-refractivity contribution in [1.82, 2.24) is 15.6 Å². The molecule has 29 heavy (non-hydrogen) atoms. The van der Waals surface area contributed by atoms with E-state index in [2.05, 4.69) is 15.6 Å². The maximum atomic E-state index is 14.0. The molecule has 2 aromatic carbocycles. The molecule has 1 aliphatic heterocycles. The van der Waals surface area contributed by atoms with Crippen LogP contribution in [0.5, 0.6) is 0 Å². The van der Waals surface area contributed by atoms with Gasteiger partial charge in [-0.1, -0.05) is 24.3 Å². The molecule has 1 fully saturated rings. The highest BCUT2D eigenvalue weighted by Gasteiger charge is 2.18. The van der Waals surface area contributed by atoms with E-state index in [4.69, 9.17) is 4.42 Å². The Hall–Kier alpha value is -2.99. The van der Waals surface area contributed by atoms with Gasteiger partial charge in [0.15, 0.2) is 5.76 Å². The molecule has 4 rings (SSSR count). The van der Waals surface area contributed by atoms with E-state index in [1.807, 2.05) is 12.1 Å². The van der Waals surface area contributed by atoms with Gasteiger partial charge in [0.05, 0.1) is 17.3 Å². The number of oxazole rings is 1. The highest BCUT2D eigenvalue weighted by atomic mass is 19.1. The molecule has 1 amide bonds. The third-order valence-corrected chi connectivity index (χ3v) is 5.28. The van der Waals surface area contributed by atoms with E-state index in [0.717, 1.165) is 19.5 Å². The van der Waals surface area contributed by atoms with Crippen molar-refractivity contribution in [3.05, 3.63) is 66.1 Å². The predicted molar refractivity (Wildman–Crippen MR) is 110 cm³/mol.